The fraction of sp³-hybridized carbons (Fsp3) is 0.318. The van der Waals surface area contributed by atoms with E-state index in [2.05, 4.69) is 32.3 Å². The lowest BCUT2D eigenvalue weighted by atomic mass is 10.2. The summed E-state index contributed by atoms with van der Waals surface area (Å²) in [5.74, 6) is -0.0820. The van der Waals surface area contributed by atoms with E-state index in [1.54, 1.807) is 0 Å². The number of para-hydroxylation sites is 2. The lowest BCUT2D eigenvalue weighted by molar-refractivity contribution is 0.0499. The normalized spacial score (nSPS) is 14.0. The number of nitrogens with zero attached hydrogens (tertiary/aromatic N) is 3. The van der Waals surface area contributed by atoms with Crippen LogP contribution in [0.3, 0.4) is 0 Å². The number of anilines is 3. The van der Waals surface area contributed by atoms with E-state index in [1.165, 1.54) is 0 Å². The fourth-order valence-corrected chi connectivity index (χ4v) is 3.21. The highest BCUT2D eigenvalue weighted by atomic mass is 16.5. The molecule has 0 amide bonds. The second-order valence-corrected chi connectivity index (χ2v) is 6.82. The summed E-state index contributed by atoms with van der Waals surface area (Å²) in [5, 5.41) is 3.23. The van der Waals surface area contributed by atoms with Crippen molar-refractivity contribution in [3.63, 3.8) is 0 Å². The van der Waals surface area contributed by atoms with Crippen molar-refractivity contribution in [2.45, 2.75) is 13.3 Å². The Morgan fingerprint density at radius 1 is 1.07 bits per heavy atom. The van der Waals surface area contributed by atoms with Gasteiger partial charge in [-0.1, -0.05) is 19.1 Å². The number of morpholine rings is 1. The maximum Gasteiger partial charge on any atom is 0.360 e. The van der Waals surface area contributed by atoms with Gasteiger partial charge in [-0.3, -0.25) is 0 Å². The van der Waals surface area contributed by atoms with Crippen molar-refractivity contribution < 1.29 is 14.3 Å². The van der Waals surface area contributed by atoms with E-state index in [9.17, 15) is 4.79 Å². The second-order valence-electron chi connectivity index (χ2n) is 6.82. The predicted octanol–water partition coefficient (Wildman–Crippen LogP) is 3.78. The Hall–Kier alpha value is -3.19. The molecule has 150 valence electrons. The summed E-state index contributed by atoms with van der Waals surface area (Å²) in [6.07, 6.45) is 0.749. The minimum absolute atomic E-state index is 0.189. The number of ether oxygens (including phenoxy) is 2. The van der Waals surface area contributed by atoms with Gasteiger partial charge in [-0.05, 0) is 42.8 Å². The van der Waals surface area contributed by atoms with Gasteiger partial charge < -0.3 is 19.7 Å². The molecule has 29 heavy (non-hydrogen) atoms. The number of carbonyl (C=O) groups excluding carboxylic acids is 1. The molecule has 1 aliphatic rings. The lowest BCUT2D eigenvalue weighted by Gasteiger charge is -2.28. The van der Waals surface area contributed by atoms with Crippen molar-refractivity contribution in [1.29, 1.82) is 0 Å². The Balaban J connectivity index is 1.61. The van der Waals surface area contributed by atoms with Gasteiger partial charge in [-0.25, -0.2) is 14.8 Å². The first-order valence-electron chi connectivity index (χ1n) is 9.88. The highest BCUT2D eigenvalue weighted by Crippen LogP contribution is 2.24. The molecule has 2 heterocycles. The van der Waals surface area contributed by atoms with Gasteiger partial charge in [-0.2, -0.15) is 0 Å². The average molecular weight is 392 g/mol. The summed E-state index contributed by atoms with van der Waals surface area (Å²) in [6.45, 7) is 5.56. The molecule has 0 radical (unpaired) electrons. The summed E-state index contributed by atoms with van der Waals surface area (Å²) < 4.78 is 10.7. The van der Waals surface area contributed by atoms with Gasteiger partial charge in [0.05, 0.1) is 30.9 Å². The van der Waals surface area contributed by atoms with Crippen LogP contribution in [-0.4, -0.2) is 48.8 Å². The van der Waals surface area contributed by atoms with Gasteiger partial charge >= 0.3 is 5.97 Å². The van der Waals surface area contributed by atoms with Crippen LogP contribution in [0.2, 0.25) is 0 Å². The van der Waals surface area contributed by atoms with Crippen LogP contribution in [0, 0.1) is 0 Å². The van der Waals surface area contributed by atoms with Crippen molar-refractivity contribution in [2.75, 3.05) is 43.1 Å². The first-order valence-corrected chi connectivity index (χ1v) is 9.88. The quantitative estimate of drug-likeness (QED) is 0.640. The SMILES string of the molecule is CCCOC(=O)c1nc2ccccc2nc1Nc1ccc(N2CCOCC2)cc1. The number of esters is 1. The van der Waals surface area contributed by atoms with Gasteiger partial charge in [0, 0.05) is 24.5 Å². The molecule has 0 saturated carbocycles. The molecule has 1 aromatic heterocycles. The molecular formula is C22H24N4O3. The van der Waals surface area contributed by atoms with Crippen molar-refractivity contribution in [3.8, 4) is 0 Å². The van der Waals surface area contributed by atoms with Crippen molar-refractivity contribution in [2.24, 2.45) is 0 Å². The number of carbonyl (C=O) groups is 1. The molecule has 4 rings (SSSR count). The Bertz CT molecular complexity index is 985. The second kappa shape index (κ2) is 8.87. The maximum atomic E-state index is 12.5. The van der Waals surface area contributed by atoms with E-state index in [-0.39, 0.29) is 5.69 Å². The molecule has 1 saturated heterocycles. The molecular weight excluding hydrogens is 368 g/mol. The summed E-state index contributed by atoms with van der Waals surface area (Å²) in [6, 6.07) is 15.5. The largest absolute Gasteiger partial charge is 0.461 e. The summed E-state index contributed by atoms with van der Waals surface area (Å²) >= 11 is 0. The van der Waals surface area contributed by atoms with Crippen LogP contribution in [0.1, 0.15) is 23.8 Å². The zero-order chi connectivity index (χ0) is 20.1. The standard InChI is InChI=1S/C22H24N4O3/c1-2-13-29-22(27)20-21(25-19-6-4-3-5-18(19)24-20)23-16-7-9-17(10-8-16)26-11-14-28-15-12-26/h3-10H,2,11-15H2,1H3,(H,23,25). The van der Waals surface area contributed by atoms with Crippen LogP contribution in [0.4, 0.5) is 17.2 Å². The van der Waals surface area contributed by atoms with Crippen LogP contribution >= 0.6 is 0 Å². The van der Waals surface area contributed by atoms with Gasteiger partial charge in [0.1, 0.15) is 0 Å². The van der Waals surface area contributed by atoms with Crippen molar-refractivity contribution >= 4 is 34.2 Å². The van der Waals surface area contributed by atoms with E-state index in [4.69, 9.17) is 9.47 Å². The van der Waals surface area contributed by atoms with Gasteiger partial charge in [-0.15, -0.1) is 0 Å². The topological polar surface area (TPSA) is 76.6 Å². The molecule has 3 aromatic rings. The first-order chi connectivity index (χ1) is 14.2. The zero-order valence-corrected chi connectivity index (χ0v) is 16.4. The molecule has 1 N–H and O–H groups in total. The third kappa shape index (κ3) is 4.46. The maximum absolute atomic E-state index is 12.5. The lowest BCUT2D eigenvalue weighted by Crippen LogP contribution is -2.36. The summed E-state index contributed by atoms with van der Waals surface area (Å²) in [5.41, 5.74) is 3.53. The van der Waals surface area contributed by atoms with Crippen LogP contribution in [-0.2, 0) is 9.47 Å². The van der Waals surface area contributed by atoms with Crippen LogP contribution in [0.5, 0.6) is 0 Å². The van der Waals surface area contributed by atoms with Gasteiger partial charge in [0.25, 0.3) is 0 Å². The third-order valence-corrected chi connectivity index (χ3v) is 4.71. The monoisotopic (exact) mass is 392 g/mol. The number of fused-ring (bicyclic) bond motifs is 1. The molecule has 7 nitrogen and oxygen atoms in total. The molecule has 0 atom stereocenters. The Morgan fingerprint density at radius 2 is 1.76 bits per heavy atom. The minimum atomic E-state index is -0.475. The summed E-state index contributed by atoms with van der Waals surface area (Å²) in [4.78, 5) is 23.9. The highest BCUT2D eigenvalue weighted by molar-refractivity contribution is 5.96. The molecule has 1 aliphatic heterocycles. The van der Waals surface area contributed by atoms with Crippen molar-refractivity contribution in [1.82, 2.24) is 9.97 Å². The predicted molar refractivity (Wildman–Crippen MR) is 113 cm³/mol. The van der Waals surface area contributed by atoms with E-state index in [0.717, 1.165) is 44.1 Å². The highest BCUT2D eigenvalue weighted by Gasteiger charge is 2.18. The molecule has 0 spiro atoms. The van der Waals surface area contributed by atoms with E-state index >= 15 is 0 Å². The average Bonchev–Trinajstić information content (AvgIpc) is 2.78. The van der Waals surface area contributed by atoms with Crippen molar-refractivity contribution in [3.05, 3.63) is 54.2 Å². The zero-order valence-electron chi connectivity index (χ0n) is 16.4. The smallest absolute Gasteiger partial charge is 0.360 e. The Kier molecular flexibility index (Phi) is 5.86. The molecule has 7 heteroatoms. The molecule has 0 aliphatic carbocycles. The number of nitrogens with one attached hydrogen (secondary N) is 1. The third-order valence-electron chi connectivity index (χ3n) is 4.71. The van der Waals surface area contributed by atoms with Crippen LogP contribution < -0.4 is 10.2 Å². The summed E-state index contributed by atoms with van der Waals surface area (Å²) in [7, 11) is 0. The number of benzene rings is 2. The Labute approximate surface area is 169 Å². The van der Waals surface area contributed by atoms with E-state index in [1.807, 2.05) is 43.3 Å². The van der Waals surface area contributed by atoms with Crippen LogP contribution in [0.25, 0.3) is 11.0 Å². The molecule has 1 fully saturated rings. The van der Waals surface area contributed by atoms with Gasteiger partial charge in [0.15, 0.2) is 11.5 Å². The Morgan fingerprint density at radius 3 is 2.45 bits per heavy atom. The number of rotatable bonds is 6. The molecule has 0 bridgehead atoms. The number of hydrogen-bond donors (Lipinski definition) is 1. The van der Waals surface area contributed by atoms with E-state index in [0.29, 0.717) is 23.5 Å². The minimum Gasteiger partial charge on any atom is -0.461 e. The first kappa shape index (κ1) is 19.1. The molecule has 2 aromatic carbocycles. The van der Waals surface area contributed by atoms with Gasteiger partial charge in [0.2, 0.25) is 0 Å². The molecule has 0 unspecified atom stereocenters. The fourth-order valence-electron chi connectivity index (χ4n) is 3.21. The number of hydrogen-bond acceptors (Lipinski definition) is 7. The number of aromatic nitrogens is 2. The van der Waals surface area contributed by atoms with Crippen LogP contribution in [0.15, 0.2) is 48.5 Å². The van der Waals surface area contributed by atoms with E-state index < -0.39 is 5.97 Å².